The zero-order valence-electron chi connectivity index (χ0n) is 18.6. The maximum Gasteiger partial charge on any atom is 0.271 e. The van der Waals surface area contributed by atoms with E-state index in [1.165, 1.54) is 12.1 Å². The maximum atomic E-state index is 11.4. The number of pyridine rings is 1. The Hall–Kier alpha value is -3.50. The lowest BCUT2D eigenvalue weighted by Gasteiger charge is -2.27. The van der Waals surface area contributed by atoms with Crippen molar-refractivity contribution < 1.29 is 14.8 Å². The first-order chi connectivity index (χ1) is 15.9. The summed E-state index contributed by atoms with van der Waals surface area (Å²) in [6.45, 7) is 4.23. The van der Waals surface area contributed by atoms with Crippen LogP contribution < -0.4 is 10.1 Å². The first kappa shape index (κ1) is 22.7. The lowest BCUT2D eigenvalue weighted by atomic mass is 9.97. The van der Waals surface area contributed by atoms with Crippen LogP contribution in [0.1, 0.15) is 34.7 Å². The Kier molecular flexibility index (Phi) is 6.30. The van der Waals surface area contributed by atoms with Crippen molar-refractivity contribution in [3.63, 3.8) is 0 Å². The summed E-state index contributed by atoms with van der Waals surface area (Å²) < 4.78 is 7.47. The molecule has 1 saturated heterocycles. The Labute approximate surface area is 196 Å². The summed E-state index contributed by atoms with van der Waals surface area (Å²) in [5.41, 5.74) is 4.18. The van der Waals surface area contributed by atoms with Crippen LogP contribution >= 0.6 is 12.2 Å². The number of aliphatic hydroxyl groups excluding tert-OH is 1. The number of aromatic nitrogens is 2. The van der Waals surface area contributed by atoms with Crippen molar-refractivity contribution in [2.45, 2.75) is 25.9 Å². The summed E-state index contributed by atoms with van der Waals surface area (Å²) in [4.78, 5) is 17.5. The van der Waals surface area contributed by atoms with Gasteiger partial charge in [0.05, 0.1) is 42.1 Å². The molecule has 4 rings (SSSR count). The number of non-ortho nitro benzene ring substituents is 1. The third-order valence-electron chi connectivity index (χ3n) is 5.94. The number of rotatable bonds is 7. The van der Waals surface area contributed by atoms with Gasteiger partial charge in [0.15, 0.2) is 5.11 Å². The minimum atomic E-state index is -0.419. The molecule has 1 aromatic carbocycles. The first-order valence-corrected chi connectivity index (χ1v) is 10.9. The third-order valence-corrected chi connectivity index (χ3v) is 6.29. The Bertz CT molecular complexity index is 1200. The van der Waals surface area contributed by atoms with Crippen molar-refractivity contribution in [3.05, 3.63) is 81.4 Å². The van der Waals surface area contributed by atoms with E-state index < -0.39 is 4.92 Å². The lowest BCUT2D eigenvalue weighted by molar-refractivity contribution is -0.384. The van der Waals surface area contributed by atoms with Gasteiger partial charge in [0.25, 0.3) is 5.69 Å². The number of nitro groups is 1. The van der Waals surface area contributed by atoms with E-state index in [4.69, 9.17) is 17.0 Å². The number of hydrogen-bond acceptors (Lipinski definition) is 6. The number of thiocarbonyl (C=S) groups is 1. The number of aliphatic hydroxyl groups is 1. The normalized spacial score (nSPS) is 17.8. The number of nitro benzene ring substituents is 1. The van der Waals surface area contributed by atoms with E-state index in [-0.39, 0.29) is 24.4 Å². The van der Waals surface area contributed by atoms with Gasteiger partial charge in [0.1, 0.15) is 5.75 Å². The molecule has 2 N–H and O–H groups in total. The molecule has 1 aliphatic heterocycles. The number of nitrogens with zero attached hydrogens (tertiary/aromatic N) is 4. The first-order valence-electron chi connectivity index (χ1n) is 10.5. The molecular formula is C23H25N5O4S. The Balaban J connectivity index is 1.88. The van der Waals surface area contributed by atoms with Crippen molar-refractivity contribution in [2.24, 2.45) is 0 Å². The molecule has 10 heteroatoms. The highest BCUT2D eigenvalue weighted by atomic mass is 32.1. The van der Waals surface area contributed by atoms with Crippen LogP contribution in [0.2, 0.25) is 0 Å². The van der Waals surface area contributed by atoms with E-state index in [1.807, 2.05) is 47.6 Å². The summed E-state index contributed by atoms with van der Waals surface area (Å²) >= 11 is 5.60. The molecule has 3 heterocycles. The molecule has 0 bridgehead atoms. The highest BCUT2D eigenvalue weighted by molar-refractivity contribution is 7.80. The summed E-state index contributed by atoms with van der Waals surface area (Å²) in [5.74, 6) is 0.530. The van der Waals surface area contributed by atoms with Gasteiger partial charge < -0.3 is 24.6 Å². The van der Waals surface area contributed by atoms with Gasteiger partial charge in [-0.05, 0) is 55.9 Å². The van der Waals surface area contributed by atoms with Gasteiger partial charge in [0.2, 0.25) is 0 Å². The lowest BCUT2D eigenvalue weighted by Crippen LogP contribution is -2.32. The third kappa shape index (κ3) is 4.03. The quantitative estimate of drug-likeness (QED) is 0.310. The van der Waals surface area contributed by atoms with Gasteiger partial charge in [-0.1, -0.05) is 6.07 Å². The van der Waals surface area contributed by atoms with Crippen molar-refractivity contribution in [2.75, 3.05) is 20.3 Å². The van der Waals surface area contributed by atoms with E-state index in [9.17, 15) is 15.2 Å². The van der Waals surface area contributed by atoms with E-state index in [0.29, 0.717) is 23.1 Å². The molecule has 1 fully saturated rings. The second-order valence-corrected chi connectivity index (χ2v) is 8.21. The molecule has 2 atom stereocenters. The molecular weight excluding hydrogens is 442 g/mol. The summed E-state index contributed by atoms with van der Waals surface area (Å²) in [6.07, 6.45) is 1.74. The van der Waals surface area contributed by atoms with Crippen LogP contribution in [0.3, 0.4) is 0 Å². The van der Waals surface area contributed by atoms with Gasteiger partial charge in [-0.3, -0.25) is 15.1 Å². The second kappa shape index (κ2) is 9.16. The van der Waals surface area contributed by atoms with Crippen LogP contribution in [0.25, 0.3) is 5.69 Å². The largest absolute Gasteiger partial charge is 0.495 e. The molecule has 2 aromatic heterocycles. The highest BCUT2D eigenvalue weighted by Gasteiger charge is 2.41. The van der Waals surface area contributed by atoms with E-state index >= 15 is 0 Å². The monoisotopic (exact) mass is 467 g/mol. The highest BCUT2D eigenvalue weighted by Crippen LogP contribution is 2.42. The molecule has 1 aliphatic rings. The minimum Gasteiger partial charge on any atom is -0.495 e. The minimum absolute atomic E-state index is 0.0168. The average Bonchev–Trinajstić information content (AvgIpc) is 3.29. The molecule has 0 unspecified atom stereocenters. The second-order valence-electron chi connectivity index (χ2n) is 7.82. The van der Waals surface area contributed by atoms with Gasteiger partial charge in [-0.15, -0.1) is 0 Å². The molecule has 0 saturated carbocycles. The van der Waals surface area contributed by atoms with Gasteiger partial charge in [-0.2, -0.15) is 0 Å². The molecule has 9 nitrogen and oxygen atoms in total. The number of benzene rings is 1. The maximum absolute atomic E-state index is 11.4. The molecule has 172 valence electrons. The predicted molar refractivity (Wildman–Crippen MR) is 128 cm³/mol. The number of aryl methyl sites for hydroxylation is 1. The molecule has 3 aromatic rings. The van der Waals surface area contributed by atoms with Crippen LogP contribution in [0, 0.1) is 24.0 Å². The van der Waals surface area contributed by atoms with Crippen LogP contribution in [0.15, 0.2) is 48.7 Å². The fourth-order valence-corrected chi connectivity index (χ4v) is 4.85. The predicted octanol–water partition coefficient (Wildman–Crippen LogP) is 3.37. The Morgan fingerprint density at radius 1 is 1.27 bits per heavy atom. The van der Waals surface area contributed by atoms with Crippen molar-refractivity contribution in [1.82, 2.24) is 19.8 Å². The van der Waals surface area contributed by atoms with Crippen molar-refractivity contribution in [1.29, 1.82) is 0 Å². The zero-order valence-corrected chi connectivity index (χ0v) is 19.4. The molecule has 0 spiro atoms. The van der Waals surface area contributed by atoms with Crippen molar-refractivity contribution >= 4 is 23.0 Å². The number of β-amino-alcohol motifs (C(OH)–C–C–N with tert-alkyl or cyclic N) is 1. The average molecular weight is 468 g/mol. The van der Waals surface area contributed by atoms with Gasteiger partial charge >= 0.3 is 0 Å². The molecule has 33 heavy (non-hydrogen) atoms. The standard InChI is InChI=1S/C23H25N5O4S/c1-14-12-17(15(2)27(14)19-13-16(28(30)31)7-8-20(19)32-3)22-21(18-6-4-5-9-24-18)25-23(33)26(22)10-11-29/h4-9,12-13,21-22,29H,10-11H2,1-3H3,(H,25,33)/t21-,22-/m0/s1. The number of hydrogen-bond donors (Lipinski definition) is 2. The Morgan fingerprint density at radius 3 is 2.70 bits per heavy atom. The SMILES string of the molecule is COc1ccc([N+](=O)[O-])cc1-n1c(C)cc([C@H]2[C@H](c3ccccn3)NC(=S)N2CCO)c1C. The van der Waals surface area contributed by atoms with E-state index in [2.05, 4.69) is 10.3 Å². The fourth-order valence-electron chi connectivity index (χ4n) is 4.52. The van der Waals surface area contributed by atoms with E-state index in [1.54, 1.807) is 19.4 Å². The summed E-state index contributed by atoms with van der Waals surface area (Å²) in [5, 5.41) is 25.0. The summed E-state index contributed by atoms with van der Waals surface area (Å²) in [6, 6.07) is 11.9. The summed E-state index contributed by atoms with van der Waals surface area (Å²) in [7, 11) is 1.54. The van der Waals surface area contributed by atoms with Gasteiger partial charge in [-0.25, -0.2) is 0 Å². The molecule has 0 amide bonds. The van der Waals surface area contributed by atoms with Crippen LogP contribution in [-0.4, -0.2) is 49.9 Å². The van der Waals surface area contributed by atoms with Gasteiger partial charge in [0, 0.05) is 36.3 Å². The van der Waals surface area contributed by atoms with E-state index in [0.717, 1.165) is 22.6 Å². The fraction of sp³-hybridized carbons (Fsp3) is 0.304. The molecule has 0 radical (unpaired) electrons. The topological polar surface area (TPSA) is 106 Å². The molecule has 0 aliphatic carbocycles. The Morgan fingerprint density at radius 2 is 2.06 bits per heavy atom. The van der Waals surface area contributed by atoms with Crippen LogP contribution in [0.4, 0.5) is 5.69 Å². The number of nitrogens with one attached hydrogen (secondary N) is 1. The van der Waals surface area contributed by atoms with Crippen LogP contribution in [-0.2, 0) is 0 Å². The smallest absolute Gasteiger partial charge is 0.271 e. The number of ether oxygens (including phenoxy) is 1. The van der Waals surface area contributed by atoms with Crippen LogP contribution in [0.5, 0.6) is 5.75 Å². The zero-order chi connectivity index (χ0) is 23.7. The van der Waals surface area contributed by atoms with Crippen molar-refractivity contribution in [3.8, 4) is 11.4 Å². The number of methoxy groups -OCH3 is 1.